The Kier molecular flexibility index (Phi) is 4.65. The van der Waals surface area contributed by atoms with Crippen LogP contribution in [0.25, 0.3) is 0 Å². The lowest BCUT2D eigenvalue weighted by Gasteiger charge is -2.33. The minimum atomic E-state index is -3.78. The summed E-state index contributed by atoms with van der Waals surface area (Å²) in [6.45, 7) is 2.28. The molecule has 1 aromatic rings. The highest BCUT2D eigenvalue weighted by atomic mass is 32.2. The zero-order valence-corrected chi connectivity index (χ0v) is 12.8. The number of hydrogen-bond acceptors (Lipinski definition) is 5. The Hall–Kier alpha value is -1.44. The molecular formula is C14H19NO5S. The minimum absolute atomic E-state index is 0.0266. The number of piperidine rings is 1. The van der Waals surface area contributed by atoms with Crippen LogP contribution >= 0.6 is 0 Å². The largest absolute Gasteiger partial charge is 0.465 e. The standard InChI is InChI=1S/C14H19NO5S/c1-10-9-15(8-7-12(10)16)21(18,19)13-6-4-3-5-11(13)14(17)20-2/h3-6,10,12,16H,7-9H2,1-2H3. The van der Waals surface area contributed by atoms with Crippen LogP contribution in [-0.4, -0.2) is 50.1 Å². The molecule has 1 aliphatic rings. The number of aliphatic hydroxyl groups excluding tert-OH is 1. The summed E-state index contributed by atoms with van der Waals surface area (Å²) in [4.78, 5) is 11.7. The summed E-state index contributed by atoms with van der Waals surface area (Å²) in [5.74, 6) is -0.821. The van der Waals surface area contributed by atoms with Crippen molar-refractivity contribution in [1.29, 1.82) is 0 Å². The fourth-order valence-electron chi connectivity index (χ4n) is 2.42. The lowest BCUT2D eigenvalue weighted by molar-refractivity contribution is 0.0589. The summed E-state index contributed by atoms with van der Waals surface area (Å²) < 4.78 is 31.4. The lowest BCUT2D eigenvalue weighted by Crippen LogP contribution is -2.45. The molecule has 1 aromatic carbocycles. The maximum absolute atomic E-state index is 12.7. The lowest BCUT2D eigenvalue weighted by atomic mass is 9.99. The Morgan fingerprint density at radius 1 is 1.38 bits per heavy atom. The number of carbonyl (C=O) groups is 1. The van der Waals surface area contributed by atoms with Gasteiger partial charge in [0.2, 0.25) is 10.0 Å². The highest BCUT2D eigenvalue weighted by molar-refractivity contribution is 7.89. The van der Waals surface area contributed by atoms with Crippen molar-refractivity contribution in [2.24, 2.45) is 5.92 Å². The number of rotatable bonds is 3. The smallest absolute Gasteiger partial charge is 0.339 e. The highest BCUT2D eigenvalue weighted by Gasteiger charge is 2.34. The van der Waals surface area contributed by atoms with Crippen molar-refractivity contribution < 1.29 is 23.1 Å². The van der Waals surface area contributed by atoms with Crippen LogP contribution in [0.15, 0.2) is 29.2 Å². The van der Waals surface area contributed by atoms with Crippen molar-refractivity contribution in [3.05, 3.63) is 29.8 Å². The molecule has 7 heteroatoms. The summed E-state index contributed by atoms with van der Waals surface area (Å²) >= 11 is 0. The number of hydrogen-bond donors (Lipinski definition) is 1. The average Bonchev–Trinajstić information content (AvgIpc) is 2.49. The van der Waals surface area contributed by atoms with E-state index in [0.717, 1.165) is 0 Å². The first kappa shape index (κ1) is 15.9. The van der Waals surface area contributed by atoms with Gasteiger partial charge in [0.25, 0.3) is 0 Å². The molecule has 2 rings (SSSR count). The zero-order valence-electron chi connectivity index (χ0n) is 12.0. The van der Waals surface area contributed by atoms with Gasteiger partial charge >= 0.3 is 5.97 Å². The van der Waals surface area contributed by atoms with Gasteiger partial charge in [0.05, 0.1) is 23.7 Å². The van der Waals surface area contributed by atoms with Gasteiger partial charge in [0, 0.05) is 13.1 Å². The topological polar surface area (TPSA) is 83.9 Å². The second-order valence-electron chi connectivity index (χ2n) is 5.18. The molecule has 21 heavy (non-hydrogen) atoms. The predicted octanol–water partition coefficient (Wildman–Crippen LogP) is 0.865. The molecule has 0 saturated carbocycles. The van der Waals surface area contributed by atoms with E-state index in [9.17, 15) is 18.3 Å². The number of esters is 1. The second-order valence-corrected chi connectivity index (χ2v) is 7.09. The van der Waals surface area contributed by atoms with Crippen LogP contribution in [0.5, 0.6) is 0 Å². The number of nitrogens with zero attached hydrogens (tertiary/aromatic N) is 1. The molecule has 2 unspecified atom stereocenters. The first-order valence-electron chi connectivity index (χ1n) is 6.73. The first-order chi connectivity index (χ1) is 9.87. The molecule has 1 N–H and O–H groups in total. The van der Waals surface area contributed by atoms with E-state index in [1.165, 1.54) is 23.5 Å². The molecule has 2 atom stereocenters. The van der Waals surface area contributed by atoms with Gasteiger partial charge in [-0.2, -0.15) is 4.31 Å². The van der Waals surface area contributed by atoms with Crippen LogP contribution in [0, 0.1) is 5.92 Å². The monoisotopic (exact) mass is 313 g/mol. The molecule has 6 nitrogen and oxygen atoms in total. The fraction of sp³-hybridized carbons (Fsp3) is 0.500. The van der Waals surface area contributed by atoms with E-state index >= 15 is 0 Å². The zero-order chi connectivity index (χ0) is 15.6. The number of benzene rings is 1. The van der Waals surface area contributed by atoms with Crippen LogP contribution in [0.1, 0.15) is 23.7 Å². The summed E-state index contributed by atoms with van der Waals surface area (Å²) in [5, 5.41) is 9.72. The molecule has 0 amide bonds. The van der Waals surface area contributed by atoms with Crippen LogP contribution in [0.3, 0.4) is 0 Å². The SMILES string of the molecule is COC(=O)c1ccccc1S(=O)(=O)N1CCC(O)C(C)C1. The Balaban J connectivity index is 2.39. The number of carbonyl (C=O) groups excluding carboxylic acids is 1. The van der Waals surface area contributed by atoms with E-state index < -0.39 is 22.1 Å². The number of methoxy groups -OCH3 is 1. The van der Waals surface area contributed by atoms with E-state index in [1.54, 1.807) is 19.1 Å². The molecule has 0 aliphatic carbocycles. The molecule has 1 heterocycles. The maximum atomic E-state index is 12.7. The van der Waals surface area contributed by atoms with Crippen molar-refractivity contribution in [2.75, 3.05) is 20.2 Å². The van der Waals surface area contributed by atoms with Gasteiger partial charge in [-0.05, 0) is 24.5 Å². The van der Waals surface area contributed by atoms with Gasteiger partial charge in [-0.15, -0.1) is 0 Å². The van der Waals surface area contributed by atoms with Crippen LogP contribution in [-0.2, 0) is 14.8 Å². The number of ether oxygens (including phenoxy) is 1. The molecule has 0 aromatic heterocycles. The van der Waals surface area contributed by atoms with Crippen molar-refractivity contribution in [3.63, 3.8) is 0 Å². The molecule has 0 spiro atoms. The molecule has 0 bridgehead atoms. The number of sulfonamides is 1. The molecular weight excluding hydrogens is 294 g/mol. The fourth-order valence-corrected chi connectivity index (χ4v) is 4.16. The highest BCUT2D eigenvalue weighted by Crippen LogP contribution is 2.26. The van der Waals surface area contributed by atoms with E-state index in [1.807, 2.05) is 0 Å². The van der Waals surface area contributed by atoms with E-state index in [4.69, 9.17) is 0 Å². The second kappa shape index (κ2) is 6.13. The number of aliphatic hydroxyl groups is 1. The van der Waals surface area contributed by atoms with E-state index in [0.29, 0.717) is 6.42 Å². The molecule has 1 fully saturated rings. The molecule has 0 radical (unpaired) electrons. The Morgan fingerprint density at radius 2 is 2.05 bits per heavy atom. The summed E-state index contributed by atoms with van der Waals surface area (Å²) in [6.07, 6.45) is -0.104. The van der Waals surface area contributed by atoms with Crippen LogP contribution in [0.4, 0.5) is 0 Å². The molecule has 1 aliphatic heterocycles. The Morgan fingerprint density at radius 3 is 2.67 bits per heavy atom. The van der Waals surface area contributed by atoms with Gasteiger partial charge in [-0.1, -0.05) is 19.1 Å². The third-order valence-electron chi connectivity index (χ3n) is 3.73. The summed E-state index contributed by atoms with van der Waals surface area (Å²) in [7, 11) is -2.57. The van der Waals surface area contributed by atoms with Crippen LogP contribution < -0.4 is 0 Å². The van der Waals surface area contributed by atoms with Crippen molar-refractivity contribution >= 4 is 16.0 Å². The summed E-state index contributed by atoms with van der Waals surface area (Å²) in [6, 6.07) is 5.99. The normalized spacial score (nSPS) is 23.8. The van der Waals surface area contributed by atoms with Crippen LogP contribution in [0.2, 0.25) is 0 Å². The van der Waals surface area contributed by atoms with E-state index in [2.05, 4.69) is 4.74 Å². The molecule has 116 valence electrons. The van der Waals surface area contributed by atoms with Gasteiger partial charge in [-0.25, -0.2) is 13.2 Å². The Bertz CT molecular complexity index is 628. The first-order valence-corrected chi connectivity index (χ1v) is 8.17. The van der Waals surface area contributed by atoms with Gasteiger partial charge in [0.15, 0.2) is 0 Å². The molecule has 1 saturated heterocycles. The van der Waals surface area contributed by atoms with Gasteiger partial charge in [0.1, 0.15) is 0 Å². The van der Waals surface area contributed by atoms with E-state index in [-0.39, 0.29) is 29.5 Å². The minimum Gasteiger partial charge on any atom is -0.465 e. The third kappa shape index (κ3) is 3.09. The quantitative estimate of drug-likeness (QED) is 0.837. The third-order valence-corrected chi connectivity index (χ3v) is 5.66. The van der Waals surface area contributed by atoms with Gasteiger partial charge < -0.3 is 9.84 Å². The summed E-state index contributed by atoms with van der Waals surface area (Å²) in [5.41, 5.74) is 0.0266. The predicted molar refractivity (Wildman–Crippen MR) is 76.3 cm³/mol. The van der Waals surface area contributed by atoms with Gasteiger partial charge in [-0.3, -0.25) is 0 Å². The average molecular weight is 313 g/mol. The van der Waals surface area contributed by atoms with Crippen molar-refractivity contribution in [3.8, 4) is 0 Å². The van der Waals surface area contributed by atoms with Crippen molar-refractivity contribution in [1.82, 2.24) is 4.31 Å². The van der Waals surface area contributed by atoms with Crippen molar-refractivity contribution in [2.45, 2.75) is 24.3 Å². The maximum Gasteiger partial charge on any atom is 0.339 e. The Labute approximate surface area is 124 Å².